The van der Waals surface area contributed by atoms with Crippen molar-refractivity contribution in [1.29, 1.82) is 0 Å². The van der Waals surface area contributed by atoms with Crippen molar-refractivity contribution in [3.63, 3.8) is 0 Å². The third-order valence-corrected chi connectivity index (χ3v) is 3.75. The van der Waals surface area contributed by atoms with Crippen LogP contribution < -0.4 is 10.9 Å². The first kappa shape index (κ1) is 17.7. The highest BCUT2D eigenvalue weighted by Gasteiger charge is 2.17. The normalized spacial score (nSPS) is 12.1. The average Bonchev–Trinajstić information content (AvgIpc) is 2.43. The van der Waals surface area contributed by atoms with E-state index in [-0.39, 0.29) is 17.6 Å². The highest BCUT2D eigenvalue weighted by molar-refractivity contribution is 7.99. The number of thioether (sulfide) groups is 1. The zero-order chi connectivity index (χ0) is 15.7. The topological polar surface area (TPSA) is 84.1 Å². The molecule has 21 heavy (non-hydrogen) atoms. The molecule has 1 atom stereocenters. The van der Waals surface area contributed by atoms with Crippen LogP contribution in [0.1, 0.15) is 32.4 Å². The highest BCUT2D eigenvalue weighted by Crippen LogP contribution is 2.14. The van der Waals surface area contributed by atoms with Crippen molar-refractivity contribution in [3.05, 3.63) is 22.1 Å². The fraction of sp³-hybridized carbons (Fsp3) is 0.643. The van der Waals surface area contributed by atoms with Crippen LogP contribution in [0.4, 0.5) is 0 Å². The summed E-state index contributed by atoms with van der Waals surface area (Å²) in [5.41, 5.74) is 0.672. The van der Waals surface area contributed by atoms with Gasteiger partial charge in [-0.2, -0.15) is 0 Å². The van der Waals surface area contributed by atoms with Gasteiger partial charge in [0, 0.05) is 17.5 Å². The predicted octanol–water partition coefficient (Wildman–Crippen LogP) is 1.36. The fourth-order valence-electron chi connectivity index (χ4n) is 1.83. The minimum Gasteiger partial charge on any atom is -0.465 e. The number of aromatic amines is 1. The molecule has 0 aliphatic carbocycles. The molecule has 0 aliphatic rings. The van der Waals surface area contributed by atoms with Crippen LogP contribution in [0.3, 0.4) is 0 Å². The molecule has 0 amide bonds. The zero-order valence-corrected chi connectivity index (χ0v) is 13.6. The van der Waals surface area contributed by atoms with Gasteiger partial charge in [0.25, 0.3) is 5.56 Å². The molecule has 0 saturated carbocycles. The first-order valence-corrected chi connectivity index (χ1v) is 8.16. The standard InChI is InChI=1S/C14H23N3O3S/c1-4-6-10-9-12(18)17-14(16-10)21-8-7-11(15-3)13(19)20-5-2/h9,11,15H,4-8H2,1-3H3,(H,16,17,18). The molecule has 6 nitrogen and oxygen atoms in total. The van der Waals surface area contributed by atoms with E-state index in [1.54, 1.807) is 14.0 Å². The summed E-state index contributed by atoms with van der Waals surface area (Å²) in [7, 11) is 1.73. The number of esters is 1. The molecule has 0 radical (unpaired) electrons. The Bertz CT molecular complexity index is 504. The molecule has 1 unspecified atom stereocenters. The Morgan fingerprint density at radius 1 is 1.52 bits per heavy atom. The molecule has 0 fully saturated rings. The maximum atomic E-state index is 11.6. The lowest BCUT2D eigenvalue weighted by atomic mass is 10.2. The molecule has 0 aliphatic heterocycles. The number of carbonyl (C=O) groups excluding carboxylic acids is 1. The summed E-state index contributed by atoms with van der Waals surface area (Å²) in [5.74, 6) is 0.421. The van der Waals surface area contributed by atoms with Crippen molar-refractivity contribution in [2.75, 3.05) is 19.4 Å². The lowest BCUT2D eigenvalue weighted by Crippen LogP contribution is -2.36. The molecular weight excluding hydrogens is 290 g/mol. The highest BCUT2D eigenvalue weighted by atomic mass is 32.2. The van der Waals surface area contributed by atoms with Crippen LogP contribution >= 0.6 is 11.8 Å². The number of carbonyl (C=O) groups is 1. The predicted molar refractivity (Wildman–Crippen MR) is 83.7 cm³/mol. The van der Waals surface area contributed by atoms with Crippen LogP contribution in [0.2, 0.25) is 0 Å². The number of H-pyrrole nitrogens is 1. The van der Waals surface area contributed by atoms with E-state index in [1.165, 1.54) is 17.8 Å². The summed E-state index contributed by atoms with van der Waals surface area (Å²) < 4.78 is 4.98. The van der Waals surface area contributed by atoms with E-state index in [0.29, 0.717) is 23.9 Å². The lowest BCUT2D eigenvalue weighted by Gasteiger charge is -2.13. The van der Waals surface area contributed by atoms with E-state index in [4.69, 9.17) is 4.74 Å². The van der Waals surface area contributed by atoms with E-state index in [2.05, 4.69) is 15.3 Å². The Balaban J connectivity index is 2.54. The van der Waals surface area contributed by atoms with Gasteiger partial charge in [0.05, 0.1) is 6.61 Å². The number of aryl methyl sites for hydroxylation is 1. The van der Waals surface area contributed by atoms with Crippen molar-refractivity contribution >= 4 is 17.7 Å². The molecule has 1 aromatic rings. The number of nitrogens with zero attached hydrogens (tertiary/aromatic N) is 1. The third-order valence-electron chi connectivity index (χ3n) is 2.84. The number of aromatic nitrogens is 2. The van der Waals surface area contributed by atoms with Crippen molar-refractivity contribution in [1.82, 2.24) is 15.3 Å². The Morgan fingerprint density at radius 3 is 2.90 bits per heavy atom. The molecule has 2 N–H and O–H groups in total. The molecule has 1 aromatic heterocycles. The van der Waals surface area contributed by atoms with E-state index in [9.17, 15) is 9.59 Å². The quantitative estimate of drug-likeness (QED) is 0.407. The summed E-state index contributed by atoms with van der Waals surface area (Å²) in [6.45, 7) is 4.21. The summed E-state index contributed by atoms with van der Waals surface area (Å²) in [6, 6.07) is 1.20. The maximum absolute atomic E-state index is 11.6. The summed E-state index contributed by atoms with van der Waals surface area (Å²) in [4.78, 5) is 30.3. The first-order chi connectivity index (χ1) is 10.1. The molecular formula is C14H23N3O3S. The van der Waals surface area contributed by atoms with Crippen LogP contribution in [0, 0.1) is 0 Å². The van der Waals surface area contributed by atoms with Gasteiger partial charge in [-0.1, -0.05) is 25.1 Å². The monoisotopic (exact) mass is 313 g/mol. The van der Waals surface area contributed by atoms with Crippen LogP contribution in [0.15, 0.2) is 16.0 Å². The Kier molecular flexibility index (Phi) is 8.07. The number of hydrogen-bond acceptors (Lipinski definition) is 6. The van der Waals surface area contributed by atoms with E-state index in [0.717, 1.165) is 18.5 Å². The SMILES string of the molecule is CCCc1cc(=O)[nH]c(SCCC(NC)C(=O)OCC)n1. The summed E-state index contributed by atoms with van der Waals surface area (Å²) >= 11 is 1.44. The van der Waals surface area contributed by atoms with Gasteiger partial charge >= 0.3 is 5.97 Å². The van der Waals surface area contributed by atoms with Gasteiger partial charge in [0.15, 0.2) is 5.16 Å². The van der Waals surface area contributed by atoms with E-state index in [1.807, 2.05) is 6.92 Å². The van der Waals surface area contributed by atoms with Crippen LogP contribution in [0.5, 0.6) is 0 Å². The zero-order valence-electron chi connectivity index (χ0n) is 12.8. The average molecular weight is 313 g/mol. The van der Waals surface area contributed by atoms with Crippen LogP contribution in [0.25, 0.3) is 0 Å². The van der Waals surface area contributed by atoms with Gasteiger partial charge in [-0.05, 0) is 26.8 Å². The van der Waals surface area contributed by atoms with Gasteiger partial charge in [-0.15, -0.1) is 0 Å². The van der Waals surface area contributed by atoms with Crippen LogP contribution in [-0.2, 0) is 16.0 Å². The number of ether oxygens (including phenoxy) is 1. The molecule has 0 spiro atoms. The molecule has 1 rings (SSSR count). The lowest BCUT2D eigenvalue weighted by molar-refractivity contribution is -0.145. The molecule has 0 aromatic carbocycles. The molecule has 118 valence electrons. The van der Waals surface area contributed by atoms with Crippen LogP contribution in [-0.4, -0.2) is 41.4 Å². The molecule has 7 heteroatoms. The van der Waals surface area contributed by atoms with Gasteiger partial charge < -0.3 is 15.0 Å². The number of rotatable bonds is 9. The second kappa shape index (κ2) is 9.57. The van der Waals surface area contributed by atoms with Crippen molar-refractivity contribution in [2.45, 2.75) is 44.3 Å². The Morgan fingerprint density at radius 2 is 2.29 bits per heavy atom. The van der Waals surface area contributed by atoms with Crippen molar-refractivity contribution < 1.29 is 9.53 Å². The minimum atomic E-state index is -0.331. The van der Waals surface area contributed by atoms with Gasteiger partial charge in [-0.25, -0.2) is 4.98 Å². The third kappa shape index (κ3) is 6.31. The Hall–Kier alpha value is -1.34. The molecule has 1 heterocycles. The number of nitrogens with one attached hydrogen (secondary N) is 2. The minimum absolute atomic E-state index is 0.133. The fourth-order valence-corrected chi connectivity index (χ4v) is 2.73. The smallest absolute Gasteiger partial charge is 0.323 e. The molecule has 0 saturated heterocycles. The number of hydrogen-bond donors (Lipinski definition) is 2. The first-order valence-electron chi connectivity index (χ1n) is 7.17. The Labute approximate surface area is 129 Å². The van der Waals surface area contributed by atoms with Crippen molar-refractivity contribution in [2.24, 2.45) is 0 Å². The maximum Gasteiger partial charge on any atom is 0.323 e. The van der Waals surface area contributed by atoms with Crippen molar-refractivity contribution in [3.8, 4) is 0 Å². The largest absolute Gasteiger partial charge is 0.465 e. The van der Waals surface area contributed by atoms with E-state index >= 15 is 0 Å². The second-order valence-electron chi connectivity index (χ2n) is 4.52. The van der Waals surface area contributed by atoms with Gasteiger partial charge in [0.1, 0.15) is 6.04 Å². The second-order valence-corrected chi connectivity index (χ2v) is 5.61. The summed E-state index contributed by atoms with van der Waals surface area (Å²) in [5, 5.41) is 3.54. The summed E-state index contributed by atoms with van der Waals surface area (Å²) in [6.07, 6.45) is 2.35. The number of likely N-dealkylation sites (N-methyl/N-ethyl adjacent to an activating group) is 1. The van der Waals surface area contributed by atoms with E-state index < -0.39 is 0 Å². The molecule has 0 bridgehead atoms. The van der Waals surface area contributed by atoms with Gasteiger partial charge in [0.2, 0.25) is 0 Å². The van der Waals surface area contributed by atoms with Gasteiger partial charge in [-0.3, -0.25) is 9.59 Å².